The van der Waals surface area contributed by atoms with E-state index in [9.17, 15) is 4.79 Å². The summed E-state index contributed by atoms with van der Waals surface area (Å²) in [4.78, 5) is 19.3. The molecule has 7 heteroatoms. The average molecular weight is 329 g/mol. The van der Waals surface area contributed by atoms with Crippen molar-refractivity contribution in [1.82, 2.24) is 15.0 Å². The maximum atomic E-state index is 13.2. The fraction of sp³-hybridized carbons (Fsp3) is 0.471. The van der Waals surface area contributed by atoms with Crippen LogP contribution < -0.4 is 4.74 Å². The lowest BCUT2D eigenvalue weighted by Crippen LogP contribution is -2.36. The van der Waals surface area contributed by atoms with Crippen molar-refractivity contribution in [2.24, 2.45) is 0 Å². The van der Waals surface area contributed by atoms with E-state index in [-0.39, 0.29) is 24.0 Å². The second-order valence-electron chi connectivity index (χ2n) is 6.18. The first-order chi connectivity index (χ1) is 11.7. The highest BCUT2D eigenvalue weighted by molar-refractivity contribution is 5.86. The number of hydrogen-bond acceptors (Lipinski definition) is 6. The van der Waals surface area contributed by atoms with Gasteiger partial charge in [-0.1, -0.05) is 23.4 Å². The van der Waals surface area contributed by atoms with Gasteiger partial charge in [0, 0.05) is 25.6 Å². The summed E-state index contributed by atoms with van der Waals surface area (Å²) >= 11 is 0. The van der Waals surface area contributed by atoms with Crippen molar-refractivity contribution in [3.63, 3.8) is 0 Å². The lowest BCUT2D eigenvalue weighted by atomic mass is 9.99. The Balaban J connectivity index is 1.62. The van der Waals surface area contributed by atoms with Gasteiger partial charge in [0.2, 0.25) is 11.8 Å². The Morgan fingerprint density at radius 3 is 2.96 bits per heavy atom. The molecule has 1 aromatic carbocycles. The maximum absolute atomic E-state index is 13.2. The van der Waals surface area contributed by atoms with Gasteiger partial charge in [-0.05, 0) is 13.0 Å². The van der Waals surface area contributed by atoms with Crippen LogP contribution in [-0.2, 0) is 9.53 Å². The second-order valence-corrected chi connectivity index (χ2v) is 6.18. The van der Waals surface area contributed by atoms with E-state index in [1.165, 1.54) is 0 Å². The zero-order valence-electron chi connectivity index (χ0n) is 13.6. The van der Waals surface area contributed by atoms with Crippen LogP contribution in [0.2, 0.25) is 0 Å². The van der Waals surface area contributed by atoms with Crippen molar-refractivity contribution >= 4 is 5.91 Å². The summed E-state index contributed by atoms with van der Waals surface area (Å²) in [5, 5.41) is 3.85. The number of methoxy groups -OCH3 is 1. The van der Waals surface area contributed by atoms with Gasteiger partial charge in [0.15, 0.2) is 5.82 Å². The van der Waals surface area contributed by atoms with Gasteiger partial charge in [0.25, 0.3) is 0 Å². The Morgan fingerprint density at radius 1 is 1.38 bits per heavy atom. The number of carbonyl (C=O) groups is 1. The SMILES string of the molecule is CO[C@@H]1C[C@H](c2nc(C)no2)N(C(=O)C2COc3ccccc32)C1. The highest BCUT2D eigenvalue weighted by atomic mass is 16.5. The van der Waals surface area contributed by atoms with Gasteiger partial charge in [-0.25, -0.2) is 0 Å². The van der Waals surface area contributed by atoms with Gasteiger partial charge in [-0.3, -0.25) is 4.79 Å². The topological polar surface area (TPSA) is 77.7 Å². The van der Waals surface area contributed by atoms with E-state index in [1.807, 2.05) is 24.3 Å². The third kappa shape index (κ3) is 2.45. The summed E-state index contributed by atoms with van der Waals surface area (Å²) in [5.41, 5.74) is 0.934. The molecule has 4 rings (SSSR count). The summed E-state index contributed by atoms with van der Waals surface area (Å²) < 4.78 is 16.4. The predicted octanol–water partition coefficient (Wildman–Crippen LogP) is 1.84. The van der Waals surface area contributed by atoms with Gasteiger partial charge in [-0.15, -0.1) is 0 Å². The molecule has 2 aliphatic heterocycles. The van der Waals surface area contributed by atoms with E-state index >= 15 is 0 Å². The Morgan fingerprint density at radius 2 is 2.21 bits per heavy atom. The predicted molar refractivity (Wildman–Crippen MR) is 83.6 cm³/mol. The van der Waals surface area contributed by atoms with Crippen LogP contribution >= 0.6 is 0 Å². The monoisotopic (exact) mass is 329 g/mol. The molecule has 3 heterocycles. The molecule has 2 aliphatic rings. The molecule has 0 bridgehead atoms. The fourth-order valence-corrected chi connectivity index (χ4v) is 3.46. The van der Waals surface area contributed by atoms with Crippen LogP contribution in [0.5, 0.6) is 5.75 Å². The van der Waals surface area contributed by atoms with Crippen molar-refractivity contribution in [3.05, 3.63) is 41.5 Å². The molecule has 1 aromatic heterocycles. The van der Waals surface area contributed by atoms with Crippen molar-refractivity contribution in [2.75, 3.05) is 20.3 Å². The van der Waals surface area contributed by atoms with Crippen molar-refractivity contribution in [3.8, 4) is 5.75 Å². The van der Waals surface area contributed by atoms with Crippen LogP contribution in [0.4, 0.5) is 0 Å². The Kier molecular flexibility index (Phi) is 3.72. The summed E-state index contributed by atoms with van der Waals surface area (Å²) in [6.07, 6.45) is 0.614. The number of amides is 1. The molecule has 0 aliphatic carbocycles. The van der Waals surface area contributed by atoms with Gasteiger partial charge >= 0.3 is 0 Å². The van der Waals surface area contributed by atoms with Gasteiger partial charge in [0.05, 0.1) is 6.10 Å². The molecule has 1 saturated heterocycles. The van der Waals surface area contributed by atoms with E-state index in [1.54, 1.807) is 18.9 Å². The number of para-hydroxylation sites is 1. The first-order valence-corrected chi connectivity index (χ1v) is 8.02. The number of aryl methyl sites for hydroxylation is 1. The quantitative estimate of drug-likeness (QED) is 0.855. The van der Waals surface area contributed by atoms with Crippen LogP contribution in [-0.4, -0.2) is 47.3 Å². The maximum Gasteiger partial charge on any atom is 0.249 e. The minimum atomic E-state index is -0.302. The van der Waals surface area contributed by atoms with Crippen LogP contribution in [0.25, 0.3) is 0 Å². The Bertz CT molecular complexity index is 760. The Labute approximate surface area is 139 Å². The number of fused-ring (bicyclic) bond motifs is 1. The molecular formula is C17H19N3O4. The smallest absolute Gasteiger partial charge is 0.249 e. The molecule has 1 fully saturated rings. The summed E-state index contributed by atoms with van der Waals surface area (Å²) in [6, 6.07) is 7.42. The molecule has 1 amide bonds. The summed E-state index contributed by atoms with van der Waals surface area (Å²) in [6.45, 7) is 2.64. The van der Waals surface area contributed by atoms with E-state index in [0.29, 0.717) is 31.3 Å². The molecule has 0 N–H and O–H groups in total. The summed E-state index contributed by atoms with van der Waals surface area (Å²) in [7, 11) is 1.66. The molecule has 0 saturated carbocycles. The largest absolute Gasteiger partial charge is 0.492 e. The minimum absolute atomic E-state index is 0.0142. The fourth-order valence-electron chi connectivity index (χ4n) is 3.46. The highest BCUT2D eigenvalue weighted by Crippen LogP contribution is 2.39. The second kappa shape index (κ2) is 5.90. The van der Waals surface area contributed by atoms with Gasteiger partial charge in [0.1, 0.15) is 24.3 Å². The van der Waals surface area contributed by atoms with Crippen molar-refractivity contribution < 1.29 is 18.8 Å². The first-order valence-electron chi connectivity index (χ1n) is 8.02. The third-order valence-corrected chi connectivity index (χ3v) is 4.71. The van der Waals surface area contributed by atoms with Gasteiger partial charge in [-0.2, -0.15) is 4.98 Å². The van der Waals surface area contributed by atoms with E-state index in [2.05, 4.69) is 10.1 Å². The Hall–Kier alpha value is -2.41. The number of aromatic nitrogens is 2. The number of benzene rings is 1. The van der Waals surface area contributed by atoms with Gasteiger partial charge < -0.3 is 18.9 Å². The third-order valence-electron chi connectivity index (χ3n) is 4.71. The zero-order valence-corrected chi connectivity index (χ0v) is 13.6. The first kappa shape index (κ1) is 15.1. The lowest BCUT2D eigenvalue weighted by molar-refractivity contribution is -0.134. The van der Waals surface area contributed by atoms with Crippen LogP contribution in [0.3, 0.4) is 0 Å². The number of carbonyl (C=O) groups excluding carboxylic acids is 1. The molecule has 24 heavy (non-hydrogen) atoms. The molecule has 3 atom stereocenters. The standard InChI is InChI=1S/C17H19N3O4/c1-10-18-16(24-19-10)14-7-11(22-2)8-20(14)17(21)13-9-23-15-6-4-3-5-12(13)15/h3-6,11,13-14H,7-9H2,1-2H3/t11-,13?,14-/m1/s1. The normalized spacial score (nSPS) is 25.6. The number of rotatable bonds is 3. The van der Waals surface area contributed by atoms with Crippen molar-refractivity contribution in [2.45, 2.75) is 31.4 Å². The molecule has 126 valence electrons. The molecule has 2 aromatic rings. The van der Waals surface area contributed by atoms with Crippen LogP contribution in [0, 0.1) is 6.92 Å². The number of likely N-dealkylation sites (tertiary alicyclic amines) is 1. The molecule has 0 spiro atoms. The molecule has 1 unspecified atom stereocenters. The summed E-state index contributed by atoms with van der Waals surface area (Å²) in [5.74, 6) is 1.52. The molecular weight excluding hydrogens is 310 g/mol. The minimum Gasteiger partial charge on any atom is -0.492 e. The number of ether oxygens (including phenoxy) is 2. The molecule has 7 nitrogen and oxygen atoms in total. The lowest BCUT2D eigenvalue weighted by Gasteiger charge is -2.24. The number of nitrogens with zero attached hydrogens (tertiary/aromatic N) is 3. The van der Waals surface area contributed by atoms with Crippen molar-refractivity contribution in [1.29, 1.82) is 0 Å². The molecule has 0 radical (unpaired) electrons. The van der Waals surface area contributed by atoms with E-state index in [4.69, 9.17) is 14.0 Å². The zero-order chi connectivity index (χ0) is 16.7. The van der Waals surface area contributed by atoms with E-state index < -0.39 is 0 Å². The number of hydrogen-bond donors (Lipinski definition) is 0. The highest BCUT2D eigenvalue weighted by Gasteiger charge is 2.43. The van der Waals surface area contributed by atoms with Crippen LogP contribution in [0.15, 0.2) is 28.8 Å². The van der Waals surface area contributed by atoms with Crippen LogP contribution in [0.1, 0.15) is 35.7 Å². The van der Waals surface area contributed by atoms with E-state index in [0.717, 1.165) is 11.3 Å². The average Bonchev–Trinajstić information content (AvgIpc) is 3.31.